The quantitative estimate of drug-likeness (QED) is 0.826. The fraction of sp³-hybridized carbons (Fsp3) is 0.692. The fourth-order valence-corrected chi connectivity index (χ4v) is 2.60. The van der Waals surface area contributed by atoms with E-state index in [1.165, 1.54) is 5.56 Å². The first-order valence-corrected chi connectivity index (χ1v) is 6.88. The number of hydrogen-bond acceptors (Lipinski definition) is 3. The molecule has 3 atom stereocenters. The van der Waals surface area contributed by atoms with Crippen LogP contribution in [-0.2, 0) is 4.74 Å². The average Bonchev–Trinajstić information content (AvgIpc) is 2.64. The molecule has 2 N–H and O–H groups in total. The summed E-state index contributed by atoms with van der Waals surface area (Å²) in [5, 5.41) is 4.19. The maximum absolute atomic E-state index is 6.05. The van der Waals surface area contributed by atoms with E-state index in [1.54, 1.807) is 11.3 Å². The summed E-state index contributed by atoms with van der Waals surface area (Å²) in [4.78, 5) is 0. The Bertz CT molecular complexity index is 282. The van der Waals surface area contributed by atoms with Gasteiger partial charge in [0.1, 0.15) is 0 Å². The molecule has 0 fully saturated rings. The van der Waals surface area contributed by atoms with Crippen molar-refractivity contribution in [3.8, 4) is 0 Å². The van der Waals surface area contributed by atoms with Crippen LogP contribution in [0.25, 0.3) is 0 Å². The van der Waals surface area contributed by atoms with Gasteiger partial charge in [0.05, 0.1) is 12.2 Å². The van der Waals surface area contributed by atoms with E-state index < -0.39 is 0 Å². The zero-order chi connectivity index (χ0) is 12.1. The third-order valence-corrected chi connectivity index (χ3v) is 3.23. The van der Waals surface area contributed by atoms with Gasteiger partial charge >= 0.3 is 0 Å². The SMILES string of the molecule is CC(C)CC(C)OC(c1ccsc1)C(C)N. The minimum absolute atomic E-state index is 0.0278. The zero-order valence-electron chi connectivity index (χ0n) is 10.6. The summed E-state index contributed by atoms with van der Waals surface area (Å²) in [7, 11) is 0. The average molecular weight is 241 g/mol. The van der Waals surface area contributed by atoms with E-state index in [1.807, 2.05) is 6.92 Å². The van der Waals surface area contributed by atoms with Gasteiger partial charge in [-0.2, -0.15) is 11.3 Å². The Morgan fingerprint density at radius 3 is 2.44 bits per heavy atom. The Labute approximate surface area is 103 Å². The summed E-state index contributed by atoms with van der Waals surface area (Å²) in [5.41, 5.74) is 7.19. The van der Waals surface area contributed by atoms with Crippen molar-refractivity contribution >= 4 is 11.3 Å². The number of hydrogen-bond donors (Lipinski definition) is 1. The maximum atomic E-state index is 6.05. The van der Waals surface area contributed by atoms with E-state index in [-0.39, 0.29) is 18.2 Å². The van der Waals surface area contributed by atoms with Crippen LogP contribution in [0, 0.1) is 5.92 Å². The van der Waals surface area contributed by atoms with Crippen LogP contribution in [0.15, 0.2) is 16.8 Å². The Morgan fingerprint density at radius 2 is 2.00 bits per heavy atom. The van der Waals surface area contributed by atoms with Gasteiger partial charge in [0.25, 0.3) is 0 Å². The van der Waals surface area contributed by atoms with Gasteiger partial charge in [-0.3, -0.25) is 0 Å². The van der Waals surface area contributed by atoms with Gasteiger partial charge in [0.15, 0.2) is 0 Å². The fourth-order valence-electron chi connectivity index (χ4n) is 1.91. The molecule has 0 radical (unpaired) electrons. The van der Waals surface area contributed by atoms with Crippen LogP contribution in [0.4, 0.5) is 0 Å². The second kappa shape index (κ2) is 6.38. The Hall–Kier alpha value is -0.380. The molecule has 16 heavy (non-hydrogen) atoms. The highest BCUT2D eigenvalue weighted by molar-refractivity contribution is 7.07. The molecule has 0 bridgehead atoms. The predicted octanol–water partition coefficient (Wildman–Crippen LogP) is 3.59. The molecule has 0 aliphatic heterocycles. The van der Waals surface area contributed by atoms with Crippen molar-refractivity contribution < 1.29 is 4.74 Å². The lowest BCUT2D eigenvalue weighted by Gasteiger charge is -2.25. The van der Waals surface area contributed by atoms with Gasteiger partial charge in [0, 0.05) is 6.04 Å². The van der Waals surface area contributed by atoms with Crippen molar-refractivity contribution in [3.63, 3.8) is 0 Å². The first-order chi connectivity index (χ1) is 7.50. The summed E-state index contributed by atoms with van der Waals surface area (Å²) in [6, 6.07) is 2.13. The van der Waals surface area contributed by atoms with Crippen LogP contribution in [0.3, 0.4) is 0 Å². The zero-order valence-corrected chi connectivity index (χ0v) is 11.5. The molecule has 0 saturated heterocycles. The smallest absolute Gasteiger partial charge is 0.0984 e. The molecule has 0 saturated carbocycles. The first-order valence-electron chi connectivity index (χ1n) is 5.93. The summed E-state index contributed by atoms with van der Waals surface area (Å²) in [6.07, 6.45) is 1.36. The lowest BCUT2D eigenvalue weighted by atomic mass is 10.0. The monoisotopic (exact) mass is 241 g/mol. The summed E-state index contributed by atoms with van der Waals surface area (Å²) < 4.78 is 6.05. The topological polar surface area (TPSA) is 35.2 Å². The van der Waals surface area contributed by atoms with Crippen LogP contribution in [0.1, 0.15) is 45.8 Å². The van der Waals surface area contributed by atoms with Crippen molar-refractivity contribution in [3.05, 3.63) is 22.4 Å². The third-order valence-electron chi connectivity index (χ3n) is 2.53. The van der Waals surface area contributed by atoms with Crippen molar-refractivity contribution in [2.24, 2.45) is 11.7 Å². The molecule has 0 aromatic carbocycles. The summed E-state index contributed by atoms with van der Waals surface area (Å²) in [5.74, 6) is 0.659. The van der Waals surface area contributed by atoms with E-state index in [0.717, 1.165) is 6.42 Å². The first kappa shape index (κ1) is 13.7. The minimum atomic E-state index is 0.0278. The number of rotatable bonds is 6. The van der Waals surface area contributed by atoms with Crippen molar-refractivity contribution in [2.45, 2.75) is 52.4 Å². The van der Waals surface area contributed by atoms with Crippen LogP contribution >= 0.6 is 11.3 Å². The Balaban J connectivity index is 2.59. The maximum Gasteiger partial charge on any atom is 0.0984 e. The van der Waals surface area contributed by atoms with E-state index >= 15 is 0 Å². The van der Waals surface area contributed by atoms with Gasteiger partial charge in [0.2, 0.25) is 0 Å². The molecule has 2 nitrogen and oxygen atoms in total. The van der Waals surface area contributed by atoms with Crippen LogP contribution in [0.5, 0.6) is 0 Å². The molecule has 0 aliphatic carbocycles. The lowest BCUT2D eigenvalue weighted by molar-refractivity contribution is -0.0234. The predicted molar refractivity (Wildman–Crippen MR) is 70.7 cm³/mol. The van der Waals surface area contributed by atoms with Gasteiger partial charge in [-0.05, 0) is 48.6 Å². The van der Waals surface area contributed by atoms with E-state index in [9.17, 15) is 0 Å². The Kier molecular flexibility index (Phi) is 5.46. The number of nitrogens with two attached hydrogens (primary N) is 1. The van der Waals surface area contributed by atoms with Crippen LogP contribution < -0.4 is 5.73 Å². The van der Waals surface area contributed by atoms with Crippen molar-refractivity contribution in [1.82, 2.24) is 0 Å². The van der Waals surface area contributed by atoms with Crippen LogP contribution in [0.2, 0.25) is 0 Å². The van der Waals surface area contributed by atoms with Gasteiger partial charge in [-0.1, -0.05) is 13.8 Å². The van der Waals surface area contributed by atoms with Gasteiger partial charge < -0.3 is 10.5 Å². The highest BCUT2D eigenvalue weighted by Crippen LogP contribution is 2.25. The number of thiophene rings is 1. The minimum Gasteiger partial charge on any atom is -0.369 e. The molecule has 0 amide bonds. The molecular formula is C13H23NOS. The van der Waals surface area contributed by atoms with Gasteiger partial charge in [-0.25, -0.2) is 0 Å². The van der Waals surface area contributed by atoms with E-state index in [0.29, 0.717) is 5.92 Å². The van der Waals surface area contributed by atoms with Crippen molar-refractivity contribution in [1.29, 1.82) is 0 Å². The highest BCUT2D eigenvalue weighted by Gasteiger charge is 2.20. The second-order valence-electron chi connectivity index (χ2n) is 4.91. The van der Waals surface area contributed by atoms with Gasteiger partial charge in [-0.15, -0.1) is 0 Å². The molecule has 1 rings (SSSR count). The second-order valence-corrected chi connectivity index (χ2v) is 5.69. The summed E-state index contributed by atoms with van der Waals surface area (Å²) in [6.45, 7) is 8.56. The largest absolute Gasteiger partial charge is 0.369 e. The molecular weight excluding hydrogens is 218 g/mol. The highest BCUT2D eigenvalue weighted by atomic mass is 32.1. The molecule has 92 valence electrons. The summed E-state index contributed by atoms with van der Waals surface area (Å²) >= 11 is 1.69. The van der Waals surface area contributed by atoms with Crippen molar-refractivity contribution in [2.75, 3.05) is 0 Å². The lowest BCUT2D eigenvalue weighted by Crippen LogP contribution is -2.29. The third kappa shape index (κ3) is 4.24. The molecule has 1 aromatic heterocycles. The molecule has 1 aromatic rings. The molecule has 3 unspecified atom stereocenters. The molecule has 1 heterocycles. The number of ether oxygens (including phenoxy) is 1. The standard InChI is InChI=1S/C13H23NOS/c1-9(2)7-10(3)15-13(11(4)14)12-5-6-16-8-12/h5-6,8-11,13H,7,14H2,1-4H3. The van der Waals surface area contributed by atoms with E-state index in [2.05, 4.69) is 37.6 Å². The Morgan fingerprint density at radius 1 is 1.31 bits per heavy atom. The van der Waals surface area contributed by atoms with E-state index in [4.69, 9.17) is 10.5 Å². The molecule has 3 heteroatoms. The molecule has 0 spiro atoms. The normalized spacial score (nSPS) is 17.4. The molecule has 0 aliphatic rings. The van der Waals surface area contributed by atoms with Crippen LogP contribution in [-0.4, -0.2) is 12.1 Å².